The van der Waals surface area contributed by atoms with Crippen molar-refractivity contribution < 1.29 is 4.74 Å². The summed E-state index contributed by atoms with van der Waals surface area (Å²) >= 11 is 0. The summed E-state index contributed by atoms with van der Waals surface area (Å²) in [6.07, 6.45) is 4.08. The van der Waals surface area contributed by atoms with E-state index in [4.69, 9.17) is 4.74 Å². The zero-order valence-corrected chi connectivity index (χ0v) is 16.0. The average Bonchev–Trinajstić information content (AvgIpc) is 2.76. The first-order valence-corrected chi connectivity index (χ1v) is 10.0. The molecule has 3 heterocycles. The number of anilines is 2. The number of morpholine rings is 1. The Morgan fingerprint density at radius 3 is 2.19 bits per heavy atom. The fraction of sp³-hybridized carbons (Fsp3) is 0.524. The van der Waals surface area contributed by atoms with Crippen molar-refractivity contribution in [2.45, 2.75) is 12.8 Å². The average molecular weight is 367 g/mol. The number of benzene rings is 1. The van der Waals surface area contributed by atoms with Crippen molar-refractivity contribution >= 4 is 11.6 Å². The highest BCUT2D eigenvalue weighted by Crippen LogP contribution is 2.20. The second kappa shape index (κ2) is 9.15. The first-order valence-electron chi connectivity index (χ1n) is 10.0. The lowest BCUT2D eigenvalue weighted by Gasteiger charge is -2.36. The van der Waals surface area contributed by atoms with Crippen molar-refractivity contribution in [3.8, 4) is 0 Å². The van der Waals surface area contributed by atoms with Gasteiger partial charge in [0.05, 0.1) is 13.2 Å². The van der Waals surface area contributed by atoms with E-state index < -0.39 is 0 Å². The third kappa shape index (κ3) is 4.96. The summed E-state index contributed by atoms with van der Waals surface area (Å²) < 4.78 is 5.44. The SMILES string of the molecule is c1ccc(CCCN2CCN(c3cc(N4CCOCC4)ncn3)CC2)cc1. The van der Waals surface area contributed by atoms with Crippen molar-refractivity contribution in [3.05, 3.63) is 48.3 Å². The van der Waals surface area contributed by atoms with Crippen LogP contribution in [0.25, 0.3) is 0 Å². The molecule has 1 aromatic heterocycles. The van der Waals surface area contributed by atoms with Crippen LogP contribution in [0, 0.1) is 0 Å². The zero-order chi connectivity index (χ0) is 18.3. The molecule has 2 aliphatic rings. The predicted molar refractivity (Wildman–Crippen MR) is 108 cm³/mol. The minimum Gasteiger partial charge on any atom is -0.378 e. The highest BCUT2D eigenvalue weighted by molar-refractivity contribution is 5.50. The van der Waals surface area contributed by atoms with Crippen LogP contribution in [0.5, 0.6) is 0 Å². The molecule has 1 aromatic carbocycles. The Morgan fingerprint density at radius 2 is 1.48 bits per heavy atom. The second-order valence-electron chi connectivity index (χ2n) is 7.25. The van der Waals surface area contributed by atoms with Crippen molar-refractivity contribution in [3.63, 3.8) is 0 Å². The molecular formula is C21H29N5O. The molecule has 6 nitrogen and oxygen atoms in total. The van der Waals surface area contributed by atoms with E-state index in [0.717, 1.165) is 70.5 Å². The van der Waals surface area contributed by atoms with Crippen LogP contribution < -0.4 is 9.80 Å². The fourth-order valence-electron chi connectivity index (χ4n) is 3.83. The largest absolute Gasteiger partial charge is 0.378 e. The summed E-state index contributed by atoms with van der Waals surface area (Å²) in [5.74, 6) is 2.07. The van der Waals surface area contributed by atoms with E-state index in [2.05, 4.69) is 61.1 Å². The van der Waals surface area contributed by atoms with Crippen LogP contribution in [0.2, 0.25) is 0 Å². The standard InChI is InChI=1S/C21H29N5O/c1-2-5-19(6-3-1)7-4-8-24-9-11-25(12-10-24)20-17-21(23-18-22-20)26-13-15-27-16-14-26/h1-3,5-6,17-18H,4,7-16H2. The number of aryl methyl sites for hydroxylation is 1. The molecule has 144 valence electrons. The zero-order valence-electron chi connectivity index (χ0n) is 16.0. The minimum absolute atomic E-state index is 0.779. The van der Waals surface area contributed by atoms with Gasteiger partial charge in [0.15, 0.2) is 0 Å². The molecule has 0 amide bonds. The third-order valence-electron chi connectivity index (χ3n) is 5.45. The van der Waals surface area contributed by atoms with Gasteiger partial charge in [0.2, 0.25) is 0 Å². The Bertz CT molecular complexity index is 697. The normalized spacial score (nSPS) is 18.7. The first-order chi connectivity index (χ1) is 13.4. The van der Waals surface area contributed by atoms with E-state index in [0.29, 0.717) is 0 Å². The van der Waals surface area contributed by atoms with Crippen molar-refractivity contribution in [2.75, 3.05) is 68.8 Å². The molecule has 6 heteroatoms. The van der Waals surface area contributed by atoms with Gasteiger partial charge in [-0.1, -0.05) is 30.3 Å². The molecule has 0 bridgehead atoms. The molecule has 27 heavy (non-hydrogen) atoms. The predicted octanol–water partition coefficient (Wildman–Crippen LogP) is 2.07. The molecule has 2 aromatic rings. The van der Waals surface area contributed by atoms with Crippen LogP contribution in [0.1, 0.15) is 12.0 Å². The number of hydrogen-bond acceptors (Lipinski definition) is 6. The molecule has 2 aliphatic heterocycles. The number of ether oxygens (including phenoxy) is 1. The Balaban J connectivity index is 1.25. The number of hydrogen-bond donors (Lipinski definition) is 0. The molecule has 2 fully saturated rings. The van der Waals surface area contributed by atoms with Gasteiger partial charge in [-0.3, -0.25) is 4.90 Å². The maximum Gasteiger partial charge on any atom is 0.134 e. The Morgan fingerprint density at radius 1 is 0.815 bits per heavy atom. The Labute approximate surface area is 161 Å². The molecule has 0 saturated carbocycles. The van der Waals surface area contributed by atoms with Crippen LogP contribution in [-0.4, -0.2) is 73.9 Å². The van der Waals surface area contributed by atoms with Gasteiger partial charge in [-0.15, -0.1) is 0 Å². The van der Waals surface area contributed by atoms with Gasteiger partial charge in [-0.05, 0) is 24.9 Å². The third-order valence-corrected chi connectivity index (χ3v) is 5.45. The van der Waals surface area contributed by atoms with E-state index in [1.165, 1.54) is 18.5 Å². The number of piperazine rings is 1. The monoisotopic (exact) mass is 367 g/mol. The lowest BCUT2D eigenvalue weighted by atomic mass is 10.1. The van der Waals surface area contributed by atoms with Gasteiger partial charge in [-0.25, -0.2) is 9.97 Å². The lowest BCUT2D eigenvalue weighted by Crippen LogP contribution is -2.47. The number of aromatic nitrogens is 2. The molecule has 0 atom stereocenters. The highest BCUT2D eigenvalue weighted by Gasteiger charge is 2.19. The maximum absolute atomic E-state index is 5.44. The van der Waals surface area contributed by atoms with Gasteiger partial charge >= 0.3 is 0 Å². The van der Waals surface area contributed by atoms with Gasteiger partial charge < -0.3 is 14.5 Å². The number of nitrogens with zero attached hydrogens (tertiary/aromatic N) is 5. The first kappa shape index (κ1) is 18.2. The number of rotatable bonds is 6. The maximum atomic E-state index is 5.44. The molecule has 4 rings (SSSR count). The minimum atomic E-state index is 0.779. The summed E-state index contributed by atoms with van der Waals surface area (Å²) in [5, 5.41) is 0. The molecule has 0 aliphatic carbocycles. The quantitative estimate of drug-likeness (QED) is 0.779. The summed E-state index contributed by atoms with van der Waals surface area (Å²) in [7, 11) is 0. The summed E-state index contributed by atoms with van der Waals surface area (Å²) in [4.78, 5) is 16.2. The molecule has 0 spiro atoms. The molecule has 2 saturated heterocycles. The Kier molecular flexibility index (Phi) is 6.17. The van der Waals surface area contributed by atoms with E-state index in [1.54, 1.807) is 6.33 Å². The van der Waals surface area contributed by atoms with Gasteiger partial charge in [0.25, 0.3) is 0 Å². The summed E-state index contributed by atoms with van der Waals surface area (Å²) in [5.41, 5.74) is 1.44. The molecular weight excluding hydrogens is 338 g/mol. The molecule has 0 N–H and O–H groups in total. The van der Waals surface area contributed by atoms with E-state index in [1.807, 2.05) is 0 Å². The van der Waals surface area contributed by atoms with Crippen LogP contribution >= 0.6 is 0 Å². The summed E-state index contributed by atoms with van der Waals surface area (Å²) in [6.45, 7) is 8.82. The Hall–Kier alpha value is -2.18. The van der Waals surface area contributed by atoms with E-state index >= 15 is 0 Å². The molecule has 0 unspecified atom stereocenters. The van der Waals surface area contributed by atoms with Crippen LogP contribution in [0.4, 0.5) is 11.6 Å². The second-order valence-corrected chi connectivity index (χ2v) is 7.25. The van der Waals surface area contributed by atoms with Gasteiger partial charge in [0, 0.05) is 45.3 Å². The highest BCUT2D eigenvalue weighted by atomic mass is 16.5. The lowest BCUT2D eigenvalue weighted by molar-refractivity contribution is 0.122. The van der Waals surface area contributed by atoms with Gasteiger partial charge in [0.1, 0.15) is 18.0 Å². The van der Waals surface area contributed by atoms with Gasteiger partial charge in [-0.2, -0.15) is 0 Å². The fourth-order valence-corrected chi connectivity index (χ4v) is 3.83. The van der Waals surface area contributed by atoms with Crippen molar-refractivity contribution in [2.24, 2.45) is 0 Å². The van der Waals surface area contributed by atoms with Crippen LogP contribution in [0.15, 0.2) is 42.7 Å². The van der Waals surface area contributed by atoms with Crippen molar-refractivity contribution in [1.82, 2.24) is 14.9 Å². The van der Waals surface area contributed by atoms with E-state index in [9.17, 15) is 0 Å². The van der Waals surface area contributed by atoms with Crippen molar-refractivity contribution in [1.29, 1.82) is 0 Å². The summed E-state index contributed by atoms with van der Waals surface area (Å²) in [6, 6.07) is 12.9. The van der Waals surface area contributed by atoms with Crippen LogP contribution in [-0.2, 0) is 11.2 Å². The molecule has 0 radical (unpaired) electrons. The van der Waals surface area contributed by atoms with E-state index in [-0.39, 0.29) is 0 Å². The van der Waals surface area contributed by atoms with Crippen LogP contribution in [0.3, 0.4) is 0 Å². The topological polar surface area (TPSA) is 44.7 Å². The smallest absolute Gasteiger partial charge is 0.134 e.